The minimum absolute atomic E-state index is 0.144. The van der Waals surface area contributed by atoms with Crippen molar-refractivity contribution in [1.29, 1.82) is 0 Å². The normalized spacial score (nSPS) is 29.1. The van der Waals surface area contributed by atoms with Crippen molar-refractivity contribution in [3.8, 4) is 0 Å². The van der Waals surface area contributed by atoms with Crippen molar-refractivity contribution in [3.63, 3.8) is 0 Å². The van der Waals surface area contributed by atoms with Gasteiger partial charge in [0, 0.05) is 5.92 Å². The minimum atomic E-state index is -1.10. The second kappa shape index (κ2) is 3.82. The van der Waals surface area contributed by atoms with Gasteiger partial charge in [0.2, 0.25) is 0 Å². The van der Waals surface area contributed by atoms with Crippen LogP contribution in [0.2, 0.25) is 0 Å². The molecule has 0 heterocycles. The van der Waals surface area contributed by atoms with Crippen LogP contribution in [0.25, 0.3) is 0 Å². The summed E-state index contributed by atoms with van der Waals surface area (Å²) in [7, 11) is 1.27. The molecule has 0 N–H and O–H groups in total. The number of esters is 2. The van der Waals surface area contributed by atoms with Crippen molar-refractivity contribution in [3.05, 3.63) is 12.7 Å². The molecule has 0 amide bonds. The molecule has 0 saturated heterocycles. The molecule has 0 bridgehead atoms. The van der Waals surface area contributed by atoms with Gasteiger partial charge in [-0.1, -0.05) is 6.08 Å². The Morgan fingerprint density at radius 3 is 2.57 bits per heavy atom. The van der Waals surface area contributed by atoms with Crippen LogP contribution in [0.1, 0.15) is 13.3 Å². The molecule has 14 heavy (non-hydrogen) atoms. The fourth-order valence-corrected chi connectivity index (χ4v) is 1.57. The molecular formula is C10H14O4. The average Bonchev–Trinajstić information content (AvgIpc) is 2.92. The lowest BCUT2D eigenvalue weighted by Crippen LogP contribution is -2.30. The highest BCUT2D eigenvalue weighted by atomic mass is 16.6. The Labute approximate surface area is 82.9 Å². The molecule has 2 atom stereocenters. The number of carbonyl (C=O) groups is 2. The van der Waals surface area contributed by atoms with Crippen LogP contribution in [0, 0.1) is 11.3 Å². The minimum Gasteiger partial charge on any atom is -0.468 e. The van der Waals surface area contributed by atoms with E-state index in [1.165, 1.54) is 7.11 Å². The van der Waals surface area contributed by atoms with Crippen LogP contribution < -0.4 is 0 Å². The van der Waals surface area contributed by atoms with Gasteiger partial charge in [-0.3, -0.25) is 9.59 Å². The van der Waals surface area contributed by atoms with E-state index in [0.29, 0.717) is 6.42 Å². The van der Waals surface area contributed by atoms with Crippen LogP contribution in [-0.4, -0.2) is 25.7 Å². The fourth-order valence-electron chi connectivity index (χ4n) is 1.57. The topological polar surface area (TPSA) is 52.6 Å². The number of carbonyl (C=O) groups excluding carboxylic acids is 2. The largest absolute Gasteiger partial charge is 0.468 e. The van der Waals surface area contributed by atoms with Crippen LogP contribution in [0.15, 0.2) is 12.7 Å². The predicted octanol–water partition coefficient (Wildman–Crippen LogP) is 0.915. The second-order valence-corrected chi connectivity index (χ2v) is 3.23. The lowest BCUT2D eigenvalue weighted by Gasteiger charge is -2.11. The van der Waals surface area contributed by atoms with Gasteiger partial charge in [0.1, 0.15) is 0 Å². The highest BCUT2D eigenvalue weighted by Gasteiger charge is 2.66. The monoisotopic (exact) mass is 198 g/mol. The van der Waals surface area contributed by atoms with E-state index in [-0.39, 0.29) is 12.5 Å². The molecule has 0 aromatic carbocycles. The van der Waals surface area contributed by atoms with Gasteiger partial charge in [-0.2, -0.15) is 0 Å². The van der Waals surface area contributed by atoms with E-state index in [1.54, 1.807) is 13.0 Å². The van der Waals surface area contributed by atoms with Crippen molar-refractivity contribution < 1.29 is 19.1 Å². The zero-order valence-electron chi connectivity index (χ0n) is 8.41. The first kappa shape index (κ1) is 10.8. The number of rotatable bonds is 4. The first-order chi connectivity index (χ1) is 6.63. The van der Waals surface area contributed by atoms with Crippen molar-refractivity contribution >= 4 is 11.9 Å². The van der Waals surface area contributed by atoms with Crippen molar-refractivity contribution in [2.24, 2.45) is 11.3 Å². The molecule has 1 saturated carbocycles. The smallest absolute Gasteiger partial charge is 0.324 e. The summed E-state index contributed by atoms with van der Waals surface area (Å²) in [5.41, 5.74) is -1.10. The summed E-state index contributed by atoms with van der Waals surface area (Å²) in [6, 6.07) is 0. The molecule has 0 spiro atoms. The number of allylic oxidation sites excluding steroid dienone is 1. The number of methoxy groups -OCH3 is 1. The van der Waals surface area contributed by atoms with Crippen molar-refractivity contribution in [2.45, 2.75) is 13.3 Å². The summed E-state index contributed by atoms with van der Waals surface area (Å²) in [5.74, 6) is -1.17. The Balaban J connectivity index is 2.80. The van der Waals surface area contributed by atoms with Gasteiger partial charge in [-0.15, -0.1) is 6.58 Å². The highest BCUT2D eigenvalue weighted by Crippen LogP contribution is 2.55. The van der Waals surface area contributed by atoms with Gasteiger partial charge in [0.25, 0.3) is 0 Å². The van der Waals surface area contributed by atoms with Crippen LogP contribution in [-0.2, 0) is 19.1 Å². The molecule has 4 nitrogen and oxygen atoms in total. The van der Waals surface area contributed by atoms with Gasteiger partial charge in [0.05, 0.1) is 13.7 Å². The Bertz CT molecular complexity index is 271. The van der Waals surface area contributed by atoms with Crippen molar-refractivity contribution in [2.75, 3.05) is 13.7 Å². The molecule has 78 valence electrons. The molecule has 0 aliphatic heterocycles. The maximum Gasteiger partial charge on any atom is 0.324 e. The van der Waals surface area contributed by atoms with Crippen LogP contribution in [0.5, 0.6) is 0 Å². The maximum atomic E-state index is 11.5. The highest BCUT2D eigenvalue weighted by molar-refractivity contribution is 6.04. The first-order valence-electron chi connectivity index (χ1n) is 4.51. The van der Waals surface area contributed by atoms with E-state index in [2.05, 4.69) is 11.3 Å². The van der Waals surface area contributed by atoms with Crippen LogP contribution in [0.4, 0.5) is 0 Å². The maximum absolute atomic E-state index is 11.5. The van der Waals surface area contributed by atoms with Gasteiger partial charge >= 0.3 is 11.9 Å². The zero-order chi connectivity index (χ0) is 10.8. The SMILES string of the molecule is C=C[C@H]1C[C@@]1(C(=O)OC)C(=O)OCC. The summed E-state index contributed by atoms with van der Waals surface area (Å²) in [4.78, 5) is 22.9. The number of ether oxygens (including phenoxy) is 2. The summed E-state index contributed by atoms with van der Waals surface area (Å²) < 4.78 is 9.43. The number of hydrogen-bond donors (Lipinski definition) is 0. The Hall–Kier alpha value is -1.32. The van der Waals surface area contributed by atoms with Gasteiger partial charge in [0.15, 0.2) is 5.41 Å². The standard InChI is InChI=1S/C10H14O4/c1-4-7-6-10(7,8(11)13-3)9(12)14-5-2/h4,7H,1,5-6H2,2-3H3/t7-,10+/m0/s1. The summed E-state index contributed by atoms with van der Waals surface area (Å²) in [6.45, 7) is 5.53. The third-order valence-electron chi connectivity index (χ3n) is 2.49. The molecule has 1 rings (SSSR count). The Kier molecular flexibility index (Phi) is 2.93. The van der Waals surface area contributed by atoms with E-state index in [1.807, 2.05) is 0 Å². The molecule has 0 unspecified atom stereocenters. The molecule has 0 aromatic rings. The molecule has 1 fully saturated rings. The average molecular weight is 198 g/mol. The predicted molar refractivity (Wildman–Crippen MR) is 49.4 cm³/mol. The molecule has 4 heteroatoms. The first-order valence-corrected chi connectivity index (χ1v) is 4.51. The van der Waals surface area contributed by atoms with Crippen molar-refractivity contribution in [1.82, 2.24) is 0 Å². The third-order valence-corrected chi connectivity index (χ3v) is 2.49. The van der Waals surface area contributed by atoms with E-state index in [4.69, 9.17) is 4.74 Å². The number of hydrogen-bond acceptors (Lipinski definition) is 4. The van der Waals surface area contributed by atoms with Gasteiger partial charge in [-0.05, 0) is 13.3 Å². The molecule has 1 aliphatic rings. The lowest BCUT2D eigenvalue weighted by atomic mass is 10.0. The molecule has 1 aliphatic carbocycles. The Morgan fingerprint density at radius 2 is 2.21 bits per heavy atom. The van der Waals surface area contributed by atoms with Crippen LogP contribution in [0.3, 0.4) is 0 Å². The summed E-state index contributed by atoms with van der Waals surface area (Å²) in [5, 5.41) is 0. The third kappa shape index (κ3) is 1.41. The van der Waals surface area contributed by atoms with E-state index in [0.717, 1.165) is 0 Å². The van der Waals surface area contributed by atoms with Crippen LogP contribution >= 0.6 is 0 Å². The Morgan fingerprint density at radius 1 is 1.57 bits per heavy atom. The summed E-state index contributed by atoms with van der Waals surface area (Å²) in [6.07, 6.45) is 2.04. The van der Waals surface area contributed by atoms with E-state index >= 15 is 0 Å². The second-order valence-electron chi connectivity index (χ2n) is 3.23. The van der Waals surface area contributed by atoms with Gasteiger partial charge in [-0.25, -0.2) is 0 Å². The van der Waals surface area contributed by atoms with E-state index in [9.17, 15) is 9.59 Å². The summed E-state index contributed by atoms with van der Waals surface area (Å²) >= 11 is 0. The lowest BCUT2D eigenvalue weighted by molar-refractivity contribution is -0.163. The molecule has 0 aromatic heterocycles. The quantitative estimate of drug-likeness (QED) is 0.383. The zero-order valence-corrected chi connectivity index (χ0v) is 8.41. The van der Waals surface area contributed by atoms with Gasteiger partial charge < -0.3 is 9.47 Å². The fraction of sp³-hybridized carbons (Fsp3) is 0.600. The molecular weight excluding hydrogens is 184 g/mol. The van der Waals surface area contributed by atoms with E-state index < -0.39 is 17.4 Å². The molecule has 0 radical (unpaired) electrons.